The normalized spacial score (nSPS) is 16.1. The Morgan fingerprint density at radius 3 is 2.38 bits per heavy atom. The number of carbonyl (C=O) groups excluding carboxylic acids is 1. The number of likely N-dealkylation sites (tertiary alicyclic amines) is 1. The number of hydrogen-bond donors (Lipinski definition) is 1. The van der Waals surface area contributed by atoms with E-state index in [-0.39, 0.29) is 22.3 Å². The Bertz CT molecular complexity index is 680. The molecule has 1 aromatic heterocycles. The number of pyridine rings is 1. The summed E-state index contributed by atoms with van der Waals surface area (Å²) in [6.07, 6.45) is 1.87. The third kappa shape index (κ3) is 4.69. The maximum absolute atomic E-state index is 12.3. The van der Waals surface area contributed by atoms with Crippen LogP contribution in [0.1, 0.15) is 28.8 Å². The first-order chi connectivity index (χ1) is 11.6. The van der Waals surface area contributed by atoms with E-state index in [9.17, 15) is 4.79 Å². The summed E-state index contributed by atoms with van der Waals surface area (Å²) in [6.45, 7) is 2.90. The van der Waals surface area contributed by atoms with Gasteiger partial charge in [-0.2, -0.15) is 0 Å². The molecule has 0 atom stereocenters. The summed E-state index contributed by atoms with van der Waals surface area (Å²) in [5.74, 6) is -0.150. The van der Waals surface area contributed by atoms with E-state index in [4.69, 9.17) is 23.2 Å². The highest BCUT2D eigenvalue weighted by Crippen LogP contribution is 2.17. The maximum atomic E-state index is 12.3. The van der Waals surface area contributed by atoms with E-state index in [1.54, 1.807) is 0 Å². The van der Waals surface area contributed by atoms with Gasteiger partial charge in [-0.25, -0.2) is 4.98 Å². The van der Waals surface area contributed by atoms with Crippen molar-refractivity contribution in [3.63, 3.8) is 0 Å². The van der Waals surface area contributed by atoms with Crippen LogP contribution in [0.15, 0.2) is 42.5 Å². The van der Waals surface area contributed by atoms with Gasteiger partial charge in [-0.1, -0.05) is 53.5 Å². The molecule has 2 heterocycles. The van der Waals surface area contributed by atoms with E-state index in [0.717, 1.165) is 32.5 Å². The van der Waals surface area contributed by atoms with Gasteiger partial charge in [0.15, 0.2) is 0 Å². The summed E-state index contributed by atoms with van der Waals surface area (Å²) in [5.41, 5.74) is 1.77. The molecule has 1 N–H and O–H groups in total. The molecule has 0 saturated carbocycles. The van der Waals surface area contributed by atoms with Crippen molar-refractivity contribution >= 4 is 29.1 Å². The Morgan fingerprint density at radius 2 is 1.75 bits per heavy atom. The lowest BCUT2D eigenvalue weighted by Gasteiger charge is -2.32. The van der Waals surface area contributed by atoms with E-state index >= 15 is 0 Å². The van der Waals surface area contributed by atoms with Crippen molar-refractivity contribution < 1.29 is 4.79 Å². The van der Waals surface area contributed by atoms with Crippen LogP contribution in [0.25, 0.3) is 0 Å². The molecule has 0 aliphatic carbocycles. The topological polar surface area (TPSA) is 45.2 Å². The molecule has 0 unspecified atom stereocenters. The molecule has 1 aliphatic rings. The van der Waals surface area contributed by atoms with Gasteiger partial charge in [0.25, 0.3) is 5.91 Å². The van der Waals surface area contributed by atoms with Crippen LogP contribution < -0.4 is 5.32 Å². The third-order valence-electron chi connectivity index (χ3n) is 4.20. The lowest BCUT2D eigenvalue weighted by Crippen LogP contribution is -2.44. The van der Waals surface area contributed by atoms with Gasteiger partial charge in [-0.15, -0.1) is 0 Å². The number of nitrogens with zero attached hydrogens (tertiary/aromatic N) is 2. The molecule has 24 heavy (non-hydrogen) atoms. The summed E-state index contributed by atoms with van der Waals surface area (Å²) in [5, 5.41) is 3.52. The molecule has 1 aliphatic heterocycles. The number of rotatable bonds is 4. The Morgan fingerprint density at radius 1 is 1.12 bits per heavy atom. The van der Waals surface area contributed by atoms with Gasteiger partial charge in [0.1, 0.15) is 10.3 Å². The van der Waals surface area contributed by atoms with E-state index in [0.29, 0.717) is 5.56 Å². The predicted octanol–water partition coefficient (Wildman–Crippen LogP) is 3.78. The van der Waals surface area contributed by atoms with E-state index in [2.05, 4.69) is 39.5 Å². The van der Waals surface area contributed by atoms with Crippen LogP contribution >= 0.6 is 23.2 Å². The van der Waals surface area contributed by atoms with Gasteiger partial charge in [0.2, 0.25) is 0 Å². The van der Waals surface area contributed by atoms with Gasteiger partial charge in [0, 0.05) is 31.2 Å². The largest absolute Gasteiger partial charge is 0.349 e. The SMILES string of the molecule is O=C(NC1CCN(Cc2ccccc2)CC1)c1cc(Cl)nc(Cl)c1. The van der Waals surface area contributed by atoms with Crippen molar-refractivity contribution in [1.29, 1.82) is 0 Å². The van der Waals surface area contributed by atoms with Gasteiger partial charge in [-0.3, -0.25) is 9.69 Å². The molecule has 1 aromatic carbocycles. The van der Waals surface area contributed by atoms with Crippen LogP contribution in [-0.2, 0) is 6.54 Å². The molecular formula is C18H19Cl2N3O. The Balaban J connectivity index is 1.51. The first kappa shape index (κ1) is 17.2. The smallest absolute Gasteiger partial charge is 0.251 e. The van der Waals surface area contributed by atoms with E-state index < -0.39 is 0 Å². The Hall–Kier alpha value is -1.62. The predicted molar refractivity (Wildman–Crippen MR) is 96.5 cm³/mol. The number of hydrogen-bond acceptors (Lipinski definition) is 3. The Labute approximate surface area is 151 Å². The molecule has 2 aromatic rings. The maximum Gasteiger partial charge on any atom is 0.251 e. The van der Waals surface area contributed by atoms with Gasteiger partial charge < -0.3 is 5.32 Å². The molecule has 126 valence electrons. The quantitative estimate of drug-likeness (QED) is 0.840. The summed E-state index contributed by atoms with van der Waals surface area (Å²) < 4.78 is 0. The highest BCUT2D eigenvalue weighted by molar-refractivity contribution is 6.33. The average molecular weight is 364 g/mol. The van der Waals surface area contributed by atoms with Crippen molar-refractivity contribution in [2.24, 2.45) is 0 Å². The zero-order valence-corrected chi connectivity index (χ0v) is 14.7. The summed E-state index contributed by atoms with van der Waals surface area (Å²) in [6, 6.07) is 13.7. The van der Waals surface area contributed by atoms with Crippen molar-refractivity contribution in [3.8, 4) is 0 Å². The van der Waals surface area contributed by atoms with Crippen LogP contribution in [-0.4, -0.2) is 34.9 Å². The summed E-state index contributed by atoms with van der Waals surface area (Å²) in [7, 11) is 0. The molecule has 6 heteroatoms. The monoisotopic (exact) mass is 363 g/mol. The van der Waals surface area contributed by atoms with Gasteiger partial charge in [0.05, 0.1) is 0 Å². The number of piperidine rings is 1. The van der Waals surface area contributed by atoms with Crippen LogP contribution in [0.2, 0.25) is 10.3 Å². The zero-order chi connectivity index (χ0) is 16.9. The fourth-order valence-electron chi connectivity index (χ4n) is 2.94. The fourth-order valence-corrected chi connectivity index (χ4v) is 3.40. The number of amides is 1. The number of nitrogens with one attached hydrogen (secondary N) is 1. The van der Waals surface area contributed by atoms with E-state index in [1.807, 2.05) is 6.07 Å². The molecule has 1 saturated heterocycles. The minimum atomic E-state index is -0.150. The third-order valence-corrected chi connectivity index (χ3v) is 4.58. The highest BCUT2D eigenvalue weighted by atomic mass is 35.5. The van der Waals surface area contributed by atoms with Crippen molar-refractivity contribution in [3.05, 3.63) is 63.9 Å². The van der Waals surface area contributed by atoms with Crippen LogP contribution in [0.3, 0.4) is 0 Å². The second kappa shape index (κ2) is 7.97. The van der Waals surface area contributed by atoms with Crippen molar-refractivity contribution in [2.75, 3.05) is 13.1 Å². The summed E-state index contributed by atoms with van der Waals surface area (Å²) in [4.78, 5) is 18.6. The average Bonchev–Trinajstić information content (AvgIpc) is 2.57. The Kier molecular flexibility index (Phi) is 5.72. The lowest BCUT2D eigenvalue weighted by molar-refractivity contribution is 0.0909. The molecule has 0 radical (unpaired) electrons. The minimum Gasteiger partial charge on any atom is -0.349 e. The second-order valence-corrected chi connectivity index (χ2v) is 6.79. The van der Waals surface area contributed by atoms with Crippen molar-refractivity contribution in [2.45, 2.75) is 25.4 Å². The molecule has 3 rings (SSSR count). The highest BCUT2D eigenvalue weighted by Gasteiger charge is 2.21. The lowest BCUT2D eigenvalue weighted by atomic mass is 10.0. The summed E-state index contributed by atoms with van der Waals surface area (Å²) >= 11 is 11.7. The van der Waals surface area contributed by atoms with Crippen LogP contribution in [0.4, 0.5) is 0 Å². The number of halogens is 2. The fraction of sp³-hybridized carbons (Fsp3) is 0.333. The standard InChI is InChI=1S/C18H19Cl2N3O/c19-16-10-14(11-17(20)22-16)18(24)21-15-6-8-23(9-7-15)12-13-4-2-1-3-5-13/h1-5,10-11,15H,6-9,12H2,(H,21,24). The minimum absolute atomic E-state index is 0.150. The molecule has 1 amide bonds. The second-order valence-electron chi connectivity index (χ2n) is 6.01. The van der Waals surface area contributed by atoms with Gasteiger partial charge in [-0.05, 0) is 30.5 Å². The van der Waals surface area contributed by atoms with E-state index in [1.165, 1.54) is 17.7 Å². The molecule has 1 fully saturated rings. The van der Waals surface area contributed by atoms with Crippen LogP contribution in [0, 0.1) is 0 Å². The van der Waals surface area contributed by atoms with Crippen molar-refractivity contribution in [1.82, 2.24) is 15.2 Å². The number of carbonyl (C=O) groups is 1. The first-order valence-corrected chi connectivity index (χ1v) is 8.76. The molecule has 4 nitrogen and oxygen atoms in total. The molecular weight excluding hydrogens is 345 g/mol. The number of benzene rings is 1. The zero-order valence-electron chi connectivity index (χ0n) is 13.2. The van der Waals surface area contributed by atoms with Crippen LogP contribution in [0.5, 0.6) is 0 Å². The molecule has 0 spiro atoms. The first-order valence-electron chi connectivity index (χ1n) is 8.00. The molecule has 0 bridgehead atoms. The van der Waals surface area contributed by atoms with Gasteiger partial charge >= 0.3 is 0 Å². The number of aromatic nitrogens is 1.